The van der Waals surface area contributed by atoms with E-state index in [0.29, 0.717) is 28.3 Å². The van der Waals surface area contributed by atoms with Crippen LogP contribution in [0.1, 0.15) is 0 Å². The summed E-state index contributed by atoms with van der Waals surface area (Å²) in [5.41, 5.74) is 0. The third kappa shape index (κ3) is 5.06. The Morgan fingerprint density at radius 1 is 0.633 bits per heavy atom. The Labute approximate surface area is 182 Å². The molecule has 1 saturated carbocycles. The minimum Gasteiger partial charge on any atom is -0.224 e. The molecule has 0 spiro atoms. The third-order valence-electron chi connectivity index (χ3n) is 4.81. The maximum atomic E-state index is 12.9. The maximum absolute atomic E-state index is 12.9. The van der Waals surface area contributed by atoms with Gasteiger partial charge in [-0.1, -0.05) is 38.5 Å². The minimum absolute atomic E-state index is 0.514. The van der Waals surface area contributed by atoms with E-state index in [2.05, 4.69) is 39.5 Å². The highest BCUT2D eigenvalue weighted by Crippen LogP contribution is 2.44. The molecule has 0 radical (unpaired) electrons. The fourth-order valence-corrected chi connectivity index (χ4v) is 9.85. The van der Waals surface area contributed by atoms with Gasteiger partial charge in [0, 0.05) is 28.1 Å². The van der Waals surface area contributed by atoms with Gasteiger partial charge < -0.3 is 0 Å². The second-order valence-electron chi connectivity index (χ2n) is 6.18. The molecule has 6 atom stereocenters. The van der Waals surface area contributed by atoms with Crippen LogP contribution in [-0.4, -0.2) is 47.1 Å². The molecule has 12 heteroatoms. The lowest BCUT2D eigenvalue weighted by Gasteiger charge is -2.46. The topological polar surface area (TPSA) is 121 Å². The second-order valence-corrected chi connectivity index (χ2v) is 13.0. The van der Waals surface area contributed by atoms with Crippen molar-refractivity contribution < 1.29 is 34.5 Å². The minimum atomic E-state index is -4.48. The van der Waals surface area contributed by atoms with E-state index in [0.717, 1.165) is 0 Å². The highest BCUT2D eigenvalue weighted by atomic mass is 32.2. The van der Waals surface area contributed by atoms with Crippen LogP contribution in [0.25, 0.3) is 0 Å². The van der Waals surface area contributed by atoms with Crippen molar-refractivity contribution in [2.24, 2.45) is 11.8 Å². The lowest BCUT2D eigenvalue weighted by molar-refractivity contribution is -0.246. The molecule has 8 nitrogen and oxygen atoms in total. The van der Waals surface area contributed by atoms with Crippen molar-refractivity contribution >= 4 is 41.6 Å². The molecule has 168 valence electrons. The van der Waals surface area contributed by atoms with Gasteiger partial charge in [0.25, 0.3) is 0 Å². The predicted molar refractivity (Wildman–Crippen MR) is 120 cm³/mol. The molecule has 6 unspecified atom stereocenters. The lowest BCUT2D eigenvalue weighted by Crippen LogP contribution is -2.64. The Kier molecular flexibility index (Phi) is 9.08. The van der Waals surface area contributed by atoms with Crippen LogP contribution in [0.15, 0.2) is 73.3 Å². The summed E-state index contributed by atoms with van der Waals surface area (Å²) in [7, 11) is -13.2. The highest BCUT2D eigenvalue weighted by Gasteiger charge is 2.61. The molecule has 0 aromatic heterocycles. The zero-order valence-corrected chi connectivity index (χ0v) is 19.3. The van der Waals surface area contributed by atoms with Crippen molar-refractivity contribution in [2.75, 3.05) is 0 Å². The van der Waals surface area contributed by atoms with E-state index in [-0.39, 0.29) is 0 Å². The molecule has 0 aliphatic heterocycles. The molecular formula is C18H24O8S4. The Morgan fingerprint density at radius 3 is 1.47 bits per heavy atom. The summed E-state index contributed by atoms with van der Waals surface area (Å²) in [4.78, 5) is 5.25. The van der Waals surface area contributed by atoms with Crippen LogP contribution in [-0.2, 0) is 38.7 Å². The number of sulfone groups is 3. The van der Waals surface area contributed by atoms with Crippen LogP contribution in [0.5, 0.6) is 0 Å². The first-order valence-corrected chi connectivity index (χ1v) is 14.0. The molecule has 0 N–H and O–H groups in total. The Bertz CT molecular complexity index is 1020. The molecule has 0 aromatic rings. The van der Waals surface area contributed by atoms with Gasteiger partial charge in [0.2, 0.25) is 0 Å². The molecule has 0 bridgehead atoms. The van der Waals surface area contributed by atoms with Gasteiger partial charge >= 0.3 is 0 Å². The molecule has 1 rings (SSSR count). The van der Waals surface area contributed by atoms with E-state index in [9.17, 15) is 25.3 Å². The maximum Gasteiger partial charge on any atom is 0.177 e. The second kappa shape index (κ2) is 10.2. The van der Waals surface area contributed by atoms with E-state index in [1.807, 2.05) is 0 Å². The first-order chi connectivity index (χ1) is 13.9. The summed E-state index contributed by atoms with van der Waals surface area (Å²) in [5.74, 6) is -2.09. The SMILES string of the molecule is C=CSOOC1C(C=C)C(C=C)C(S(=O)(=O)C=C)C(S(=O)(=O)C=C)C1S(=O)(=O)C=C. The van der Waals surface area contributed by atoms with E-state index in [4.69, 9.17) is 9.22 Å². The van der Waals surface area contributed by atoms with Crippen LogP contribution in [0.3, 0.4) is 0 Å². The normalized spacial score (nSPS) is 30.0. The van der Waals surface area contributed by atoms with Crippen LogP contribution in [0.4, 0.5) is 0 Å². The van der Waals surface area contributed by atoms with Crippen molar-refractivity contribution in [3.63, 3.8) is 0 Å². The lowest BCUT2D eigenvalue weighted by atomic mass is 9.76. The summed E-state index contributed by atoms with van der Waals surface area (Å²) < 4.78 is 82.4. The molecule has 0 aromatic carbocycles. The summed E-state index contributed by atoms with van der Waals surface area (Å²) in [6, 6.07) is 0. The average Bonchev–Trinajstić information content (AvgIpc) is 2.71. The monoisotopic (exact) mass is 496 g/mol. The van der Waals surface area contributed by atoms with Crippen LogP contribution >= 0.6 is 12.0 Å². The van der Waals surface area contributed by atoms with Crippen molar-refractivity contribution in [1.29, 1.82) is 0 Å². The summed E-state index contributed by atoms with van der Waals surface area (Å²) in [6.07, 6.45) is 1.03. The molecular weight excluding hydrogens is 472 g/mol. The van der Waals surface area contributed by atoms with Gasteiger partial charge in [0.1, 0.15) is 16.6 Å². The zero-order chi connectivity index (χ0) is 23.3. The molecule has 1 aliphatic rings. The fraction of sp³-hybridized carbons (Fsp3) is 0.333. The standard InChI is InChI=1S/C18H24O8S4/c1-7-13-14(8-2)16(28(19,20)10-4)18(30(23,24)12-6)17(29(21,22)11-5)15(13)25-26-27-9-3/h7-18H,1-6H2. The van der Waals surface area contributed by atoms with Gasteiger partial charge in [-0.3, -0.25) is 0 Å². The van der Waals surface area contributed by atoms with Crippen molar-refractivity contribution in [1.82, 2.24) is 0 Å². The summed E-state index contributed by atoms with van der Waals surface area (Å²) >= 11 is 0.626. The largest absolute Gasteiger partial charge is 0.224 e. The van der Waals surface area contributed by atoms with Gasteiger partial charge in [-0.05, 0) is 5.41 Å². The number of allylic oxidation sites excluding steroid dienone is 1. The molecule has 0 heterocycles. The highest BCUT2D eigenvalue weighted by molar-refractivity contribution is 8.01. The Morgan fingerprint density at radius 2 is 1.07 bits per heavy atom. The summed E-state index contributed by atoms with van der Waals surface area (Å²) in [5, 5.41) is -2.75. The Hall–Kier alpha value is -1.44. The molecule has 0 saturated heterocycles. The molecule has 30 heavy (non-hydrogen) atoms. The zero-order valence-electron chi connectivity index (χ0n) is 16.1. The van der Waals surface area contributed by atoms with E-state index >= 15 is 0 Å². The van der Waals surface area contributed by atoms with E-state index in [1.165, 1.54) is 17.6 Å². The smallest absolute Gasteiger partial charge is 0.177 e. The molecule has 0 amide bonds. The van der Waals surface area contributed by atoms with Gasteiger partial charge in [-0.2, -0.15) is 4.33 Å². The fourth-order valence-electron chi connectivity index (χ4n) is 3.53. The van der Waals surface area contributed by atoms with Gasteiger partial charge in [-0.15, -0.1) is 13.2 Å². The van der Waals surface area contributed by atoms with Gasteiger partial charge in [0.05, 0.1) is 17.3 Å². The number of rotatable bonds is 12. The quantitative estimate of drug-likeness (QED) is 0.132. The van der Waals surface area contributed by atoms with Crippen LogP contribution in [0, 0.1) is 11.8 Å². The summed E-state index contributed by atoms with van der Waals surface area (Å²) in [6.45, 7) is 20.3. The Balaban J connectivity index is 4.04. The first kappa shape index (κ1) is 26.6. The van der Waals surface area contributed by atoms with Crippen molar-refractivity contribution in [3.05, 3.63) is 73.3 Å². The van der Waals surface area contributed by atoms with Gasteiger partial charge in [-0.25, -0.2) is 30.1 Å². The molecule has 1 aliphatic carbocycles. The predicted octanol–water partition coefficient (Wildman–Crippen LogP) is 2.49. The number of hydrogen-bond donors (Lipinski definition) is 0. The van der Waals surface area contributed by atoms with Crippen molar-refractivity contribution in [3.8, 4) is 0 Å². The van der Waals surface area contributed by atoms with Crippen LogP contribution < -0.4 is 0 Å². The average molecular weight is 497 g/mol. The third-order valence-corrected chi connectivity index (χ3v) is 10.9. The molecule has 1 fully saturated rings. The van der Waals surface area contributed by atoms with Crippen molar-refractivity contribution in [2.45, 2.75) is 21.9 Å². The number of hydrogen-bond acceptors (Lipinski definition) is 9. The van der Waals surface area contributed by atoms with E-state index in [1.54, 1.807) is 0 Å². The first-order valence-electron chi connectivity index (χ1n) is 8.34. The van der Waals surface area contributed by atoms with Gasteiger partial charge in [0.15, 0.2) is 29.5 Å². The van der Waals surface area contributed by atoms with E-state index < -0.39 is 63.2 Å². The van der Waals surface area contributed by atoms with Crippen LogP contribution in [0.2, 0.25) is 0 Å².